The van der Waals surface area contributed by atoms with Gasteiger partial charge in [0.1, 0.15) is 5.60 Å². The number of hydrogen-bond acceptors (Lipinski definition) is 3. The molecule has 0 spiro atoms. The predicted octanol–water partition coefficient (Wildman–Crippen LogP) is 1.11. The smallest absolute Gasteiger partial charge is 0.178 e. The summed E-state index contributed by atoms with van der Waals surface area (Å²) in [5.41, 5.74) is -0.380. The van der Waals surface area contributed by atoms with Crippen LogP contribution >= 0.6 is 0 Å². The standard InChI is InChI=1S/C7H10N2O/c1-3-7(2)6(4-8)9-5-10-7/h5-6H,3H2,1-2H3. The van der Waals surface area contributed by atoms with Crippen molar-refractivity contribution in [2.75, 3.05) is 0 Å². The monoisotopic (exact) mass is 138 g/mol. The third kappa shape index (κ3) is 0.860. The Morgan fingerprint density at radius 1 is 1.90 bits per heavy atom. The fourth-order valence-corrected chi connectivity index (χ4v) is 0.880. The number of ether oxygens (including phenoxy) is 1. The zero-order valence-corrected chi connectivity index (χ0v) is 6.16. The Kier molecular flexibility index (Phi) is 1.62. The van der Waals surface area contributed by atoms with Crippen molar-refractivity contribution in [1.82, 2.24) is 0 Å². The van der Waals surface area contributed by atoms with Gasteiger partial charge in [-0.2, -0.15) is 5.26 Å². The number of aliphatic imine (C=N–C) groups is 1. The maximum atomic E-state index is 8.59. The highest BCUT2D eigenvalue weighted by Crippen LogP contribution is 2.25. The van der Waals surface area contributed by atoms with E-state index in [1.54, 1.807) is 0 Å². The highest BCUT2D eigenvalue weighted by atomic mass is 16.5. The van der Waals surface area contributed by atoms with Crippen molar-refractivity contribution in [3.63, 3.8) is 0 Å². The van der Waals surface area contributed by atoms with Crippen molar-refractivity contribution in [1.29, 1.82) is 5.26 Å². The van der Waals surface area contributed by atoms with Gasteiger partial charge >= 0.3 is 0 Å². The molecule has 0 bridgehead atoms. The molecular weight excluding hydrogens is 128 g/mol. The summed E-state index contributed by atoms with van der Waals surface area (Å²) in [5, 5.41) is 8.59. The van der Waals surface area contributed by atoms with Crippen molar-refractivity contribution in [3.8, 4) is 6.07 Å². The van der Waals surface area contributed by atoms with E-state index in [1.165, 1.54) is 6.40 Å². The molecule has 0 aromatic carbocycles. The molecule has 1 heterocycles. The molecule has 1 aliphatic rings. The number of rotatable bonds is 1. The molecule has 0 aromatic heterocycles. The van der Waals surface area contributed by atoms with Crippen molar-refractivity contribution < 1.29 is 4.74 Å². The second-order valence-corrected chi connectivity index (χ2v) is 2.57. The summed E-state index contributed by atoms with van der Waals surface area (Å²) in [6, 6.07) is 1.76. The predicted molar refractivity (Wildman–Crippen MR) is 37.7 cm³/mol. The number of nitrogens with zero attached hydrogens (tertiary/aromatic N) is 2. The van der Waals surface area contributed by atoms with Gasteiger partial charge in [0.05, 0.1) is 6.07 Å². The lowest BCUT2D eigenvalue weighted by Gasteiger charge is -2.22. The molecule has 2 unspecified atom stereocenters. The van der Waals surface area contributed by atoms with Crippen LogP contribution in [0, 0.1) is 11.3 Å². The normalized spacial score (nSPS) is 37.1. The van der Waals surface area contributed by atoms with Crippen LogP contribution in [0.2, 0.25) is 0 Å². The van der Waals surface area contributed by atoms with E-state index in [2.05, 4.69) is 11.1 Å². The minimum absolute atomic E-state index is 0.322. The molecule has 2 atom stereocenters. The topological polar surface area (TPSA) is 45.4 Å². The van der Waals surface area contributed by atoms with Gasteiger partial charge in [-0.05, 0) is 13.3 Å². The van der Waals surface area contributed by atoms with Gasteiger partial charge < -0.3 is 4.74 Å². The average Bonchev–Trinajstić information content (AvgIpc) is 2.32. The van der Waals surface area contributed by atoms with Gasteiger partial charge in [-0.25, -0.2) is 4.99 Å². The van der Waals surface area contributed by atoms with E-state index in [-0.39, 0.29) is 11.6 Å². The molecule has 0 radical (unpaired) electrons. The summed E-state index contributed by atoms with van der Waals surface area (Å²) in [6.07, 6.45) is 2.18. The van der Waals surface area contributed by atoms with Crippen LogP contribution in [0.25, 0.3) is 0 Å². The Labute approximate surface area is 60.3 Å². The summed E-state index contributed by atoms with van der Waals surface area (Å²) >= 11 is 0. The van der Waals surface area contributed by atoms with Crippen LogP contribution in [0.5, 0.6) is 0 Å². The van der Waals surface area contributed by atoms with Crippen molar-refractivity contribution >= 4 is 6.40 Å². The Morgan fingerprint density at radius 3 is 3.00 bits per heavy atom. The number of hydrogen-bond donors (Lipinski definition) is 0. The quantitative estimate of drug-likeness (QED) is 0.544. The molecular formula is C7H10N2O. The SMILES string of the molecule is CCC1(C)OC=NC1C#N. The average molecular weight is 138 g/mol. The highest BCUT2D eigenvalue weighted by molar-refractivity contribution is 5.52. The fraction of sp³-hybridized carbons (Fsp3) is 0.714. The molecule has 0 aromatic rings. The molecule has 0 fully saturated rings. The highest BCUT2D eigenvalue weighted by Gasteiger charge is 2.37. The minimum Gasteiger partial charge on any atom is -0.474 e. The summed E-state index contributed by atoms with van der Waals surface area (Å²) in [5.74, 6) is 0. The van der Waals surface area contributed by atoms with E-state index in [0.717, 1.165) is 6.42 Å². The zero-order valence-electron chi connectivity index (χ0n) is 6.16. The maximum absolute atomic E-state index is 8.59. The molecule has 0 saturated carbocycles. The Bertz CT molecular complexity index is 194. The van der Waals surface area contributed by atoms with Gasteiger partial charge in [-0.15, -0.1) is 0 Å². The number of nitriles is 1. The van der Waals surface area contributed by atoms with Crippen LogP contribution in [0.3, 0.4) is 0 Å². The fourth-order valence-electron chi connectivity index (χ4n) is 0.880. The second-order valence-electron chi connectivity index (χ2n) is 2.57. The Hall–Kier alpha value is -1.04. The first-order valence-corrected chi connectivity index (χ1v) is 3.32. The summed E-state index contributed by atoms with van der Waals surface area (Å²) in [4.78, 5) is 3.87. The van der Waals surface area contributed by atoms with E-state index in [1.807, 2.05) is 13.8 Å². The van der Waals surface area contributed by atoms with Gasteiger partial charge in [0.25, 0.3) is 0 Å². The molecule has 1 aliphatic heterocycles. The molecule has 0 saturated heterocycles. The van der Waals surface area contributed by atoms with Crippen molar-refractivity contribution in [2.24, 2.45) is 4.99 Å². The van der Waals surface area contributed by atoms with Crippen LogP contribution < -0.4 is 0 Å². The lowest BCUT2D eigenvalue weighted by molar-refractivity contribution is 0.0933. The molecule has 10 heavy (non-hydrogen) atoms. The third-order valence-electron chi connectivity index (χ3n) is 1.93. The van der Waals surface area contributed by atoms with Gasteiger partial charge in [0.15, 0.2) is 12.4 Å². The van der Waals surface area contributed by atoms with E-state index >= 15 is 0 Å². The molecule has 1 rings (SSSR count). The summed E-state index contributed by atoms with van der Waals surface area (Å²) in [7, 11) is 0. The summed E-state index contributed by atoms with van der Waals surface area (Å²) < 4.78 is 5.18. The minimum atomic E-state index is -0.380. The van der Waals surface area contributed by atoms with Gasteiger partial charge in [0.2, 0.25) is 0 Å². The van der Waals surface area contributed by atoms with Gasteiger partial charge in [0, 0.05) is 0 Å². The molecule has 0 aliphatic carbocycles. The van der Waals surface area contributed by atoms with E-state index < -0.39 is 0 Å². The van der Waals surface area contributed by atoms with Gasteiger partial charge in [-0.3, -0.25) is 0 Å². The lowest BCUT2D eigenvalue weighted by atomic mass is 9.96. The van der Waals surface area contributed by atoms with Crippen LogP contribution in [0.1, 0.15) is 20.3 Å². The van der Waals surface area contributed by atoms with Crippen LogP contribution in [0.4, 0.5) is 0 Å². The first-order chi connectivity index (χ1) is 4.73. The first-order valence-electron chi connectivity index (χ1n) is 3.32. The van der Waals surface area contributed by atoms with Gasteiger partial charge in [-0.1, -0.05) is 6.92 Å². The van der Waals surface area contributed by atoms with Crippen LogP contribution in [0.15, 0.2) is 4.99 Å². The van der Waals surface area contributed by atoms with Crippen LogP contribution in [-0.4, -0.2) is 18.0 Å². The third-order valence-corrected chi connectivity index (χ3v) is 1.93. The van der Waals surface area contributed by atoms with E-state index in [4.69, 9.17) is 10.00 Å². The first kappa shape index (κ1) is 7.07. The molecule has 54 valence electrons. The molecule has 3 heteroatoms. The lowest BCUT2D eigenvalue weighted by Crippen LogP contribution is -2.34. The molecule has 0 amide bonds. The molecule has 0 N–H and O–H groups in total. The second kappa shape index (κ2) is 2.30. The van der Waals surface area contributed by atoms with Crippen molar-refractivity contribution in [2.45, 2.75) is 31.9 Å². The van der Waals surface area contributed by atoms with E-state index in [0.29, 0.717) is 0 Å². The van der Waals surface area contributed by atoms with Crippen molar-refractivity contribution in [3.05, 3.63) is 0 Å². The Balaban J connectivity index is 2.74. The molecule has 3 nitrogen and oxygen atoms in total. The maximum Gasteiger partial charge on any atom is 0.178 e. The van der Waals surface area contributed by atoms with Crippen LogP contribution in [-0.2, 0) is 4.74 Å². The summed E-state index contributed by atoms with van der Waals surface area (Å²) in [6.45, 7) is 3.88. The largest absolute Gasteiger partial charge is 0.474 e. The van der Waals surface area contributed by atoms with E-state index in [9.17, 15) is 0 Å². The zero-order chi connectivity index (χ0) is 7.61. The Morgan fingerprint density at radius 2 is 2.60 bits per heavy atom.